The summed E-state index contributed by atoms with van der Waals surface area (Å²) < 4.78 is 4.91. The van der Waals surface area contributed by atoms with E-state index in [1.807, 2.05) is 12.3 Å². The van der Waals surface area contributed by atoms with Crippen LogP contribution >= 0.6 is 11.3 Å². The van der Waals surface area contributed by atoms with Crippen molar-refractivity contribution in [2.75, 3.05) is 18.5 Å². The van der Waals surface area contributed by atoms with Crippen molar-refractivity contribution in [1.82, 2.24) is 4.98 Å². The van der Waals surface area contributed by atoms with Gasteiger partial charge in [-0.05, 0) is 25.7 Å². The number of nitrogens with zero attached hydrogens (tertiary/aromatic N) is 1. The van der Waals surface area contributed by atoms with Gasteiger partial charge in [-0.3, -0.25) is 4.79 Å². The third kappa shape index (κ3) is 4.82. The number of hydrogen-bond acceptors (Lipinski definition) is 5. The molecule has 0 spiro atoms. The van der Waals surface area contributed by atoms with Crippen molar-refractivity contribution < 1.29 is 9.53 Å². The first-order valence-electron chi connectivity index (χ1n) is 7.12. The monoisotopic (exact) mass is 282 g/mol. The molecular formula is C14H22N2O2S. The highest BCUT2D eigenvalue weighted by atomic mass is 32.1. The van der Waals surface area contributed by atoms with Crippen molar-refractivity contribution in [1.29, 1.82) is 0 Å². The minimum Gasteiger partial charge on any atom is -0.466 e. The first-order valence-corrected chi connectivity index (χ1v) is 7.99. The van der Waals surface area contributed by atoms with Crippen LogP contribution in [-0.4, -0.2) is 24.1 Å². The number of ether oxygens (including phenoxy) is 1. The zero-order chi connectivity index (χ0) is 13.5. The van der Waals surface area contributed by atoms with Crippen LogP contribution in [0, 0.1) is 5.92 Å². The molecule has 0 aliphatic heterocycles. The minimum atomic E-state index is -0.143. The summed E-state index contributed by atoms with van der Waals surface area (Å²) in [6, 6.07) is 0. The quantitative estimate of drug-likeness (QED) is 0.780. The Labute approximate surface area is 118 Å². The summed E-state index contributed by atoms with van der Waals surface area (Å²) in [6.07, 6.45) is 6.51. The highest BCUT2D eigenvalue weighted by Gasteiger charge is 2.15. The summed E-state index contributed by atoms with van der Waals surface area (Å²) in [6.45, 7) is 3.31. The predicted molar refractivity (Wildman–Crippen MR) is 77.5 cm³/mol. The fourth-order valence-electron chi connectivity index (χ4n) is 2.41. The molecule has 1 N–H and O–H groups in total. The molecular weight excluding hydrogens is 260 g/mol. The fraction of sp³-hybridized carbons (Fsp3) is 0.714. The van der Waals surface area contributed by atoms with Crippen LogP contribution in [-0.2, 0) is 16.0 Å². The van der Waals surface area contributed by atoms with E-state index in [9.17, 15) is 4.79 Å². The Morgan fingerprint density at radius 1 is 1.53 bits per heavy atom. The Balaban J connectivity index is 1.70. The van der Waals surface area contributed by atoms with Gasteiger partial charge in [-0.2, -0.15) is 0 Å². The lowest BCUT2D eigenvalue weighted by Crippen LogP contribution is -2.10. The van der Waals surface area contributed by atoms with Gasteiger partial charge in [0.15, 0.2) is 5.13 Å². The number of nitrogens with one attached hydrogen (secondary N) is 1. The molecule has 1 aliphatic rings. The van der Waals surface area contributed by atoms with Crippen LogP contribution in [0.2, 0.25) is 0 Å². The lowest BCUT2D eigenvalue weighted by molar-refractivity contribution is -0.143. The smallest absolute Gasteiger partial charge is 0.306 e. The SMILES string of the molecule is CCOC(=O)CCc1csc(NCC2CCCC2)n1. The number of thiazole rings is 1. The highest BCUT2D eigenvalue weighted by Crippen LogP contribution is 2.25. The molecule has 0 amide bonds. The van der Waals surface area contributed by atoms with Crippen LogP contribution in [0.3, 0.4) is 0 Å². The first kappa shape index (κ1) is 14.3. The molecule has 5 heteroatoms. The number of anilines is 1. The van der Waals surface area contributed by atoms with Gasteiger partial charge in [-0.15, -0.1) is 11.3 Å². The van der Waals surface area contributed by atoms with Crippen molar-refractivity contribution in [3.05, 3.63) is 11.1 Å². The molecule has 0 atom stereocenters. The second kappa shape index (κ2) is 7.48. The van der Waals surface area contributed by atoms with E-state index >= 15 is 0 Å². The summed E-state index contributed by atoms with van der Waals surface area (Å²) >= 11 is 1.62. The third-order valence-electron chi connectivity index (χ3n) is 3.46. The van der Waals surface area contributed by atoms with E-state index in [1.165, 1.54) is 25.7 Å². The van der Waals surface area contributed by atoms with Gasteiger partial charge in [-0.25, -0.2) is 4.98 Å². The predicted octanol–water partition coefficient (Wildman–Crippen LogP) is 3.24. The van der Waals surface area contributed by atoms with Gasteiger partial charge < -0.3 is 10.1 Å². The lowest BCUT2D eigenvalue weighted by Gasteiger charge is -2.08. The summed E-state index contributed by atoms with van der Waals surface area (Å²) in [5.74, 6) is 0.669. The molecule has 1 heterocycles. The zero-order valence-corrected chi connectivity index (χ0v) is 12.3. The summed E-state index contributed by atoms with van der Waals surface area (Å²) in [7, 11) is 0. The van der Waals surface area contributed by atoms with E-state index < -0.39 is 0 Å². The normalized spacial score (nSPS) is 15.6. The molecule has 1 aromatic rings. The van der Waals surface area contributed by atoms with E-state index in [4.69, 9.17) is 4.74 Å². The zero-order valence-electron chi connectivity index (χ0n) is 11.5. The third-order valence-corrected chi connectivity index (χ3v) is 4.31. The standard InChI is InChI=1S/C14H22N2O2S/c1-2-18-13(17)8-7-12-10-19-14(16-12)15-9-11-5-3-4-6-11/h10-11H,2-9H2,1H3,(H,15,16). The first-order chi connectivity index (χ1) is 9.28. The van der Waals surface area contributed by atoms with Crippen LogP contribution in [0.4, 0.5) is 5.13 Å². The number of aryl methyl sites for hydroxylation is 1. The van der Waals surface area contributed by atoms with E-state index in [2.05, 4.69) is 10.3 Å². The molecule has 1 fully saturated rings. The van der Waals surface area contributed by atoms with Crippen LogP contribution in [0.25, 0.3) is 0 Å². The van der Waals surface area contributed by atoms with Crippen molar-refractivity contribution in [3.63, 3.8) is 0 Å². The molecule has 0 saturated heterocycles. The summed E-state index contributed by atoms with van der Waals surface area (Å²) in [5.41, 5.74) is 0.979. The molecule has 1 saturated carbocycles. The van der Waals surface area contributed by atoms with Crippen LogP contribution in [0.5, 0.6) is 0 Å². The van der Waals surface area contributed by atoms with E-state index in [0.717, 1.165) is 23.3 Å². The summed E-state index contributed by atoms with van der Waals surface area (Å²) in [5, 5.41) is 6.41. The van der Waals surface area contributed by atoms with Gasteiger partial charge in [0.1, 0.15) is 0 Å². The number of aromatic nitrogens is 1. The molecule has 0 aromatic carbocycles. The average molecular weight is 282 g/mol. The topological polar surface area (TPSA) is 51.2 Å². The molecule has 4 nitrogen and oxygen atoms in total. The maximum absolute atomic E-state index is 11.3. The van der Waals surface area contributed by atoms with Crippen molar-refractivity contribution >= 4 is 22.4 Å². The van der Waals surface area contributed by atoms with Crippen molar-refractivity contribution in [2.45, 2.75) is 45.4 Å². The molecule has 1 aliphatic carbocycles. The van der Waals surface area contributed by atoms with Gasteiger partial charge in [-0.1, -0.05) is 12.8 Å². The minimum absolute atomic E-state index is 0.143. The molecule has 106 valence electrons. The lowest BCUT2D eigenvalue weighted by atomic mass is 10.1. The molecule has 0 radical (unpaired) electrons. The van der Waals surface area contributed by atoms with Gasteiger partial charge in [0, 0.05) is 18.3 Å². The maximum Gasteiger partial charge on any atom is 0.306 e. The Morgan fingerprint density at radius 3 is 3.05 bits per heavy atom. The maximum atomic E-state index is 11.3. The van der Waals surface area contributed by atoms with E-state index in [1.54, 1.807) is 11.3 Å². The van der Waals surface area contributed by atoms with Crippen LogP contribution in [0.15, 0.2) is 5.38 Å². The largest absolute Gasteiger partial charge is 0.466 e. The molecule has 0 bridgehead atoms. The number of carbonyl (C=O) groups is 1. The van der Waals surface area contributed by atoms with Crippen molar-refractivity contribution in [3.8, 4) is 0 Å². The van der Waals surface area contributed by atoms with E-state index in [-0.39, 0.29) is 5.97 Å². The van der Waals surface area contributed by atoms with Gasteiger partial charge in [0.05, 0.1) is 18.7 Å². The van der Waals surface area contributed by atoms with E-state index in [0.29, 0.717) is 19.4 Å². The summed E-state index contributed by atoms with van der Waals surface area (Å²) in [4.78, 5) is 15.8. The average Bonchev–Trinajstić information content (AvgIpc) is 3.06. The molecule has 19 heavy (non-hydrogen) atoms. The van der Waals surface area contributed by atoms with Crippen LogP contribution in [0.1, 0.15) is 44.7 Å². The number of carbonyl (C=O) groups excluding carboxylic acids is 1. The molecule has 1 aromatic heterocycles. The second-order valence-corrected chi connectivity index (χ2v) is 5.84. The number of esters is 1. The molecule has 0 unspecified atom stereocenters. The number of rotatable bonds is 7. The van der Waals surface area contributed by atoms with Crippen molar-refractivity contribution in [2.24, 2.45) is 5.92 Å². The Bertz CT molecular complexity index is 400. The Kier molecular flexibility index (Phi) is 5.63. The Hall–Kier alpha value is -1.10. The Morgan fingerprint density at radius 2 is 2.32 bits per heavy atom. The van der Waals surface area contributed by atoms with Gasteiger partial charge in [0.25, 0.3) is 0 Å². The molecule has 2 rings (SSSR count). The fourth-order valence-corrected chi connectivity index (χ4v) is 3.17. The highest BCUT2D eigenvalue weighted by molar-refractivity contribution is 7.13. The van der Waals surface area contributed by atoms with Gasteiger partial charge in [0.2, 0.25) is 0 Å². The second-order valence-electron chi connectivity index (χ2n) is 4.98. The van der Waals surface area contributed by atoms with Crippen LogP contribution < -0.4 is 5.32 Å². The number of hydrogen-bond donors (Lipinski definition) is 1. The van der Waals surface area contributed by atoms with Gasteiger partial charge >= 0.3 is 5.97 Å².